The molecule has 0 aromatic rings. The highest BCUT2D eigenvalue weighted by atomic mass is 16.6. The summed E-state index contributed by atoms with van der Waals surface area (Å²) in [4.78, 5) is 38.4. The number of carbonyl (C=O) groups is 3. The van der Waals surface area contributed by atoms with Gasteiger partial charge in [0.15, 0.2) is 6.10 Å². The van der Waals surface area contributed by atoms with Gasteiger partial charge in [-0.2, -0.15) is 0 Å². The number of rotatable bonds is 62. The van der Waals surface area contributed by atoms with Gasteiger partial charge in [-0.3, -0.25) is 14.4 Å². The Morgan fingerprint density at radius 3 is 0.795 bits per heavy atom. The van der Waals surface area contributed by atoms with Crippen LogP contribution in [0.2, 0.25) is 0 Å². The molecule has 6 nitrogen and oxygen atoms in total. The van der Waals surface area contributed by atoms with Crippen molar-refractivity contribution in [3.05, 3.63) is 72.9 Å². The van der Waals surface area contributed by atoms with Crippen LogP contribution in [-0.2, 0) is 28.6 Å². The van der Waals surface area contributed by atoms with Crippen LogP contribution in [-0.4, -0.2) is 37.2 Å². The number of hydrogen-bond acceptors (Lipinski definition) is 6. The zero-order chi connectivity index (χ0) is 56.4. The minimum absolute atomic E-state index is 0.0778. The van der Waals surface area contributed by atoms with Gasteiger partial charge in [-0.1, -0.05) is 312 Å². The van der Waals surface area contributed by atoms with Crippen LogP contribution >= 0.6 is 0 Å². The van der Waals surface area contributed by atoms with Gasteiger partial charge in [-0.25, -0.2) is 0 Å². The van der Waals surface area contributed by atoms with Crippen molar-refractivity contribution in [1.82, 2.24) is 0 Å². The van der Waals surface area contributed by atoms with Crippen molar-refractivity contribution in [1.29, 1.82) is 0 Å². The van der Waals surface area contributed by atoms with Crippen LogP contribution in [0, 0.1) is 0 Å². The summed E-state index contributed by atoms with van der Waals surface area (Å²) >= 11 is 0. The second-order valence-corrected chi connectivity index (χ2v) is 22.7. The molecule has 78 heavy (non-hydrogen) atoms. The van der Waals surface area contributed by atoms with Crippen LogP contribution in [0.15, 0.2) is 72.9 Å². The third kappa shape index (κ3) is 63.7. The van der Waals surface area contributed by atoms with E-state index < -0.39 is 6.10 Å². The van der Waals surface area contributed by atoms with E-state index in [0.29, 0.717) is 19.3 Å². The topological polar surface area (TPSA) is 78.9 Å². The van der Waals surface area contributed by atoms with E-state index in [1.165, 1.54) is 212 Å². The first-order chi connectivity index (χ1) is 38.5. The maximum Gasteiger partial charge on any atom is 0.306 e. The molecule has 0 aliphatic heterocycles. The van der Waals surface area contributed by atoms with E-state index in [9.17, 15) is 14.4 Å². The van der Waals surface area contributed by atoms with Crippen LogP contribution in [0.4, 0.5) is 0 Å². The predicted octanol–water partition coefficient (Wildman–Crippen LogP) is 23.3. The van der Waals surface area contributed by atoms with Gasteiger partial charge in [0.1, 0.15) is 13.2 Å². The predicted molar refractivity (Wildman–Crippen MR) is 339 cm³/mol. The lowest BCUT2D eigenvalue weighted by molar-refractivity contribution is -0.167. The number of hydrogen-bond donors (Lipinski definition) is 0. The molecule has 1 atom stereocenters. The zero-order valence-corrected chi connectivity index (χ0v) is 51.9. The van der Waals surface area contributed by atoms with Crippen LogP contribution in [0.3, 0.4) is 0 Å². The lowest BCUT2D eigenvalue weighted by Gasteiger charge is -2.18. The molecule has 0 aromatic heterocycles. The number of carbonyl (C=O) groups excluding carboxylic acids is 3. The van der Waals surface area contributed by atoms with Crippen molar-refractivity contribution >= 4 is 17.9 Å². The summed E-state index contributed by atoms with van der Waals surface area (Å²) in [6, 6.07) is 0. The van der Waals surface area contributed by atoms with Crippen molar-refractivity contribution in [2.45, 2.75) is 354 Å². The number of allylic oxidation sites excluding steroid dienone is 12. The smallest absolute Gasteiger partial charge is 0.306 e. The molecular weight excluding hydrogens is 961 g/mol. The maximum absolute atomic E-state index is 12.9. The second-order valence-electron chi connectivity index (χ2n) is 22.7. The number of ether oxygens (including phenoxy) is 3. The largest absolute Gasteiger partial charge is 0.462 e. The second kappa shape index (κ2) is 66.4. The van der Waals surface area contributed by atoms with E-state index >= 15 is 0 Å². The fraction of sp³-hybridized carbons (Fsp3) is 0.792. The molecule has 0 saturated carbocycles. The van der Waals surface area contributed by atoms with Gasteiger partial charge >= 0.3 is 17.9 Å². The van der Waals surface area contributed by atoms with E-state index in [1.54, 1.807) is 0 Å². The molecule has 0 aliphatic carbocycles. The van der Waals surface area contributed by atoms with Crippen molar-refractivity contribution in [2.75, 3.05) is 13.2 Å². The minimum Gasteiger partial charge on any atom is -0.462 e. The van der Waals surface area contributed by atoms with Gasteiger partial charge in [0.25, 0.3) is 0 Å². The van der Waals surface area contributed by atoms with Crippen LogP contribution < -0.4 is 0 Å². The minimum atomic E-state index is -0.782. The van der Waals surface area contributed by atoms with Crippen molar-refractivity contribution < 1.29 is 28.6 Å². The van der Waals surface area contributed by atoms with E-state index in [1.807, 2.05) is 0 Å². The van der Waals surface area contributed by atoms with Crippen molar-refractivity contribution in [2.24, 2.45) is 0 Å². The Morgan fingerprint density at radius 1 is 0.269 bits per heavy atom. The van der Waals surface area contributed by atoms with E-state index in [-0.39, 0.29) is 31.1 Å². The Kier molecular flexibility index (Phi) is 63.7. The van der Waals surface area contributed by atoms with Gasteiger partial charge in [0.2, 0.25) is 0 Å². The quantitative estimate of drug-likeness (QED) is 0.0261. The number of esters is 3. The molecule has 0 bridgehead atoms. The summed E-state index contributed by atoms with van der Waals surface area (Å²) in [5.74, 6) is -0.872. The Bertz CT molecular complexity index is 1440. The molecule has 0 amide bonds. The fourth-order valence-corrected chi connectivity index (χ4v) is 9.88. The normalized spacial score (nSPS) is 12.5. The Labute approximate surface area is 484 Å². The summed E-state index contributed by atoms with van der Waals surface area (Å²) in [5.41, 5.74) is 0. The monoisotopic (exact) mass is 1090 g/mol. The van der Waals surface area contributed by atoms with E-state index in [2.05, 4.69) is 93.7 Å². The first-order valence-corrected chi connectivity index (χ1v) is 33.9. The van der Waals surface area contributed by atoms with Crippen molar-refractivity contribution in [3.8, 4) is 0 Å². The molecule has 0 N–H and O–H groups in total. The molecule has 1 unspecified atom stereocenters. The summed E-state index contributed by atoms with van der Waals surface area (Å²) in [5, 5.41) is 0. The molecule has 0 heterocycles. The highest BCUT2D eigenvalue weighted by molar-refractivity contribution is 5.71. The Hall–Kier alpha value is -3.15. The van der Waals surface area contributed by atoms with Gasteiger partial charge in [0, 0.05) is 19.3 Å². The molecule has 0 spiro atoms. The lowest BCUT2D eigenvalue weighted by Crippen LogP contribution is -2.30. The molecule has 0 aliphatic rings. The SMILES string of the molecule is CC/C=C\C/C=C\C/C=C\C/C=C\C/C=C\CCCCCCCCCC(=O)OCC(COC(=O)CCCCCCCCC/C=C\CCCCCCCCC)OC(=O)CCCCCCCCCCCCCCCCCCCCC. The zero-order valence-electron chi connectivity index (χ0n) is 51.9. The van der Waals surface area contributed by atoms with Gasteiger partial charge in [0.05, 0.1) is 0 Å². The molecule has 0 saturated heterocycles. The number of unbranched alkanes of at least 4 members (excludes halogenated alkanes) is 39. The maximum atomic E-state index is 12.9. The molecule has 0 aromatic carbocycles. The summed E-state index contributed by atoms with van der Waals surface area (Å²) in [6.07, 6.45) is 86.2. The summed E-state index contributed by atoms with van der Waals surface area (Å²) in [7, 11) is 0. The van der Waals surface area contributed by atoms with Crippen molar-refractivity contribution in [3.63, 3.8) is 0 Å². The third-order valence-electron chi connectivity index (χ3n) is 14.9. The van der Waals surface area contributed by atoms with Gasteiger partial charge < -0.3 is 14.2 Å². The van der Waals surface area contributed by atoms with Gasteiger partial charge in [-0.15, -0.1) is 0 Å². The lowest BCUT2D eigenvalue weighted by atomic mass is 10.0. The van der Waals surface area contributed by atoms with Crippen LogP contribution in [0.25, 0.3) is 0 Å². The average Bonchev–Trinajstić information content (AvgIpc) is 3.44. The van der Waals surface area contributed by atoms with Gasteiger partial charge in [-0.05, 0) is 89.9 Å². The molecule has 0 rings (SSSR count). The molecule has 6 heteroatoms. The Balaban J connectivity index is 4.37. The summed E-state index contributed by atoms with van der Waals surface area (Å²) < 4.78 is 17.0. The van der Waals surface area contributed by atoms with E-state index in [4.69, 9.17) is 14.2 Å². The molecule has 0 fully saturated rings. The summed E-state index contributed by atoms with van der Waals surface area (Å²) in [6.45, 7) is 6.57. The average molecular weight is 1090 g/mol. The van der Waals surface area contributed by atoms with Crippen LogP contribution in [0.1, 0.15) is 348 Å². The molecule has 0 radical (unpaired) electrons. The standard InChI is InChI=1S/C72H128O6/c1-4-7-10-13-16-19-22-25-28-31-34-35-36-37-39-41-44-47-50-53-56-59-62-65-71(74)77-68-69(67-76-70(73)64-61-58-55-52-49-46-43-40-33-30-27-24-21-18-15-12-9-6-3)78-72(75)66-63-60-57-54-51-48-45-42-38-32-29-26-23-20-17-14-11-8-5-2/h7,10,16,19,25,28,30,33-35,37,39,69H,4-6,8-9,11-15,17-18,20-24,26-27,29,31-32,36,38,40-68H2,1-3H3/b10-7-,19-16-,28-25-,33-30-,35-34-,39-37-. The first-order valence-electron chi connectivity index (χ1n) is 33.9. The van der Waals surface area contributed by atoms with E-state index in [0.717, 1.165) is 96.3 Å². The third-order valence-corrected chi connectivity index (χ3v) is 14.9. The molecule has 452 valence electrons. The molecular formula is C72H128O6. The van der Waals surface area contributed by atoms with Crippen LogP contribution in [0.5, 0.6) is 0 Å². The first kappa shape index (κ1) is 74.8. The fourth-order valence-electron chi connectivity index (χ4n) is 9.88. The highest BCUT2D eigenvalue weighted by Gasteiger charge is 2.19. The highest BCUT2D eigenvalue weighted by Crippen LogP contribution is 2.17. The Morgan fingerprint density at radius 2 is 0.500 bits per heavy atom.